The van der Waals surface area contributed by atoms with Crippen LogP contribution in [-0.4, -0.2) is 50.2 Å². The highest BCUT2D eigenvalue weighted by Crippen LogP contribution is 2.30. The monoisotopic (exact) mass is 364 g/mol. The van der Waals surface area contributed by atoms with Gasteiger partial charge in [0.25, 0.3) is 0 Å². The predicted octanol–water partition coefficient (Wildman–Crippen LogP) is 3.61. The van der Waals surface area contributed by atoms with Gasteiger partial charge in [0, 0.05) is 42.7 Å². The van der Waals surface area contributed by atoms with Gasteiger partial charge in [0.15, 0.2) is 11.5 Å². The summed E-state index contributed by atoms with van der Waals surface area (Å²) in [6.45, 7) is 5.62. The Morgan fingerprint density at radius 1 is 1.00 bits per heavy atom. The zero-order valence-electron chi connectivity index (χ0n) is 14.8. The Kier molecular flexibility index (Phi) is 6.29. The zero-order chi connectivity index (χ0) is 17.6. The molecule has 0 radical (unpaired) electrons. The summed E-state index contributed by atoms with van der Waals surface area (Å²) in [7, 11) is 3.10. The highest BCUT2D eigenvalue weighted by molar-refractivity contribution is 7.09. The third-order valence-corrected chi connectivity index (χ3v) is 5.45. The second-order valence-electron chi connectivity index (χ2n) is 6.28. The van der Waals surface area contributed by atoms with E-state index in [0.29, 0.717) is 23.6 Å². The van der Waals surface area contributed by atoms with E-state index in [1.54, 1.807) is 24.5 Å². The fraction of sp³-hybridized carbons (Fsp3) is 0.474. The summed E-state index contributed by atoms with van der Waals surface area (Å²) >= 11 is 1.81. The maximum Gasteiger partial charge on any atom is 0.163 e. The average molecular weight is 364 g/mol. The van der Waals surface area contributed by atoms with Crippen molar-refractivity contribution in [3.8, 4) is 11.5 Å². The Labute approximate surface area is 152 Å². The fourth-order valence-corrected chi connectivity index (χ4v) is 3.97. The maximum absolute atomic E-state index is 14.4. The van der Waals surface area contributed by atoms with Crippen molar-refractivity contribution < 1.29 is 13.9 Å². The van der Waals surface area contributed by atoms with Crippen LogP contribution in [0.4, 0.5) is 4.39 Å². The minimum atomic E-state index is -0.239. The van der Waals surface area contributed by atoms with Gasteiger partial charge in [-0.3, -0.25) is 9.80 Å². The molecule has 0 saturated carbocycles. The summed E-state index contributed by atoms with van der Waals surface area (Å²) in [6, 6.07) is 7.45. The molecule has 0 unspecified atom stereocenters. The van der Waals surface area contributed by atoms with Crippen LogP contribution >= 0.6 is 11.3 Å². The first kappa shape index (κ1) is 18.2. The summed E-state index contributed by atoms with van der Waals surface area (Å²) in [5.41, 5.74) is 0.657. The van der Waals surface area contributed by atoms with Gasteiger partial charge in [0.2, 0.25) is 0 Å². The second-order valence-corrected chi connectivity index (χ2v) is 7.32. The largest absolute Gasteiger partial charge is 0.493 e. The fourth-order valence-electron chi connectivity index (χ4n) is 3.22. The summed E-state index contributed by atoms with van der Waals surface area (Å²) in [5.74, 6) is 0.770. The van der Waals surface area contributed by atoms with Crippen molar-refractivity contribution in [2.24, 2.45) is 0 Å². The van der Waals surface area contributed by atoms with Crippen LogP contribution in [0.5, 0.6) is 11.5 Å². The van der Waals surface area contributed by atoms with E-state index >= 15 is 0 Å². The first-order valence-corrected chi connectivity index (χ1v) is 9.45. The van der Waals surface area contributed by atoms with Gasteiger partial charge in [-0.2, -0.15) is 0 Å². The molecule has 6 heteroatoms. The number of rotatable bonds is 6. The van der Waals surface area contributed by atoms with E-state index in [4.69, 9.17) is 9.47 Å². The Bertz CT molecular complexity index is 678. The van der Waals surface area contributed by atoms with E-state index < -0.39 is 0 Å². The number of hydrogen-bond acceptors (Lipinski definition) is 5. The summed E-state index contributed by atoms with van der Waals surface area (Å²) in [5, 5.41) is 2.12. The average Bonchev–Trinajstić information content (AvgIpc) is 3.03. The third-order valence-electron chi connectivity index (χ3n) is 4.59. The molecule has 2 aromatic rings. The first-order chi connectivity index (χ1) is 12.2. The normalized spacial score (nSPS) is 16.6. The van der Waals surface area contributed by atoms with Crippen molar-refractivity contribution in [2.75, 3.05) is 40.4 Å². The van der Waals surface area contributed by atoms with Gasteiger partial charge in [-0.1, -0.05) is 6.07 Å². The number of benzene rings is 1. The number of halogens is 1. The molecule has 0 spiro atoms. The van der Waals surface area contributed by atoms with Crippen LogP contribution < -0.4 is 9.47 Å². The molecule has 3 rings (SSSR count). The van der Waals surface area contributed by atoms with E-state index in [1.807, 2.05) is 0 Å². The SMILES string of the molecule is COc1cc(F)c(CN2CCCN(Cc3cccs3)CC2)cc1OC. The lowest BCUT2D eigenvalue weighted by molar-refractivity contribution is 0.246. The van der Waals surface area contributed by atoms with Crippen molar-refractivity contribution in [1.82, 2.24) is 9.80 Å². The van der Waals surface area contributed by atoms with E-state index in [-0.39, 0.29) is 5.82 Å². The van der Waals surface area contributed by atoms with E-state index in [9.17, 15) is 4.39 Å². The highest BCUT2D eigenvalue weighted by Gasteiger charge is 2.18. The van der Waals surface area contributed by atoms with E-state index in [2.05, 4.69) is 27.3 Å². The van der Waals surface area contributed by atoms with Crippen molar-refractivity contribution in [1.29, 1.82) is 0 Å². The molecule has 4 nitrogen and oxygen atoms in total. The lowest BCUT2D eigenvalue weighted by Crippen LogP contribution is -2.30. The highest BCUT2D eigenvalue weighted by atomic mass is 32.1. The van der Waals surface area contributed by atoms with Gasteiger partial charge in [-0.25, -0.2) is 4.39 Å². The van der Waals surface area contributed by atoms with Gasteiger partial charge in [0.1, 0.15) is 5.82 Å². The molecule has 0 aliphatic carbocycles. The molecule has 1 fully saturated rings. The summed E-state index contributed by atoms with van der Waals surface area (Å²) in [6.07, 6.45) is 1.10. The van der Waals surface area contributed by atoms with Crippen LogP contribution in [0.1, 0.15) is 16.9 Å². The van der Waals surface area contributed by atoms with Gasteiger partial charge in [0.05, 0.1) is 14.2 Å². The van der Waals surface area contributed by atoms with Crippen LogP contribution in [0.3, 0.4) is 0 Å². The molecule has 0 atom stereocenters. The Morgan fingerprint density at radius 3 is 2.32 bits per heavy atom. The van der Waals surface area contributed by atoms with Gasteiger partial charge in [-0.15, -0.1) is 11.3 Å². The Balaban J connectivity index is 1.62. The molecule has 25 heavy (non-hydrogen) atoms. The molecule has 0 amide bonds. The molecule has 1 saturated heterocycles. The standard InChI is InChI=1S/C19H25FN2O2S/c1-23-18-11-15(17(20)12-19(18)24-2)13-21-6-4-7-22(9-8-21)14-16-5-3-10-25-16/h3,5,10-12H,4,6-9,13-14H2,1-2H3. The minimum absolute atomic E-state index is 0.239. The molecule has 0 bridgehead atoms. The lowest BCUT2D eigenvalue weighted by atomic mass is 10.1. The van der Waals surface area contributed by atoms with Crippen LogP contribution in [-0.2, 0) is 13.1 Å². The van der Waals surface area contributed by atoms with Crippen molar-refractivity contribution in [3.05, 3.63) is 45.9 Å². The molecule has 1 aromatic carbocycles. The molecular formula is C19H25FN2O2S. The molecule has 0 N–H and O–H groups in total. The summed E-state index contributed by atoms with van der Waals surface area (Å²) < 4.78 is 24.8. The van der Waals surface area contributed by atoms with Crippen LogP contribution in [0, 0.1) is 5.82 Å². The molecular weight excluding hydrogens is 339 g/mol. The van der Waals surface area contributed by atoms with Crippen molar-refractivity contribution in [3.63, 3.8) is 0 Å². The number of ether oxygens (including phenoxy) is 2. The van der Waals surface area contributed by atoms with Crippen LogP contribution in [0.15, 0.2) is 29.6 Å². The first-order valence-electron chi connectivity index (χ1n) is 8.57. The number of nitrogens with zero attached hydrogens (tertiary/aromatic N) is 2. The van der Waals surface area contributed by atoms with Crippen molar-refractivity contribution in [2.45, 2.75) is 19.5 Å². The number of methoxy groups -OCH3 is 2. The molecule has 136 valence electrons. The maximum atomic E-state index is 14.4. The molecule has 1 aliphatic rings. The Morgan fingerprint density at radius 2 is 1.68 bits per heavy atom. The van der Waals surface area contributed by atoms with Crippen LogP contribution in [0.2, 0.25) is 0 Å². The van der Waals surface area contributed by atoms with Gasteiger partial charge < -0.3 is 9.47 Å². The quantitative estimate of drug-likeness (QED) is 0.782. The zero-order valence-corrected chi connectivity index (χ0v) is 15.7. The number of thiophene rings is 1. The predicted molar refractivity (Wildman–Crippen MR) is 99.0 cm³/mol. The topological polar surface area (TPSA) is 24.9 Å². The van der Waals surface area contributed by atoms with E-state index in [1.165, 1.54) is 18.1 Å². The van der Waals surface area contributed by atoms with Gasteiger partial charge in [-0.05, 0) is 37.0 Å². The second kappa shape index (κ2) is 8.65. The lowest BCUT2D eigenvalue weighted by Gasteiger charge is -2.22. The smallest absolute Gasteiger partial charge is 0.163 e. The number of hydrogen-bond donors (Lipinski definition) is 0. The van der Waals surface area contributed by atoms with Crippen LogP contribution in [0.25, 0.3) is 0 Å². The summed E-state index contributed by atoms with van der Waals surface area (Å²) in [4.78, 5) is 6.20. The van der Waals surface area contributed by atoms with Crippen molar-refractivity contribution >= 4 is 11.3 Å². The molecule has 1 aromatic heterocycles. The van der Waals surface area contributed by atoms with E-state index in [0.717, 1.165) is 39.1 Å². The molecule has 2 heterocycles. The van der Waals surface area contributed by atoms with Gasteiger partial charge >= 0.3 is 0 Å². The third kappa shape index (κ3) is 4.71. The Hall–Kier alpha value is -1.63. The molecule has 1 aliphatic heterocycles. The minimum Gasteiger partial charge on any atom is -0.493 e.